The molecule has 0 aliphatic heterocycles. The largest absolute Gasteiger partial charge is 0.435 e. The third-order valence-corrected chi connectivity index (χ3v) is 3.16. The summed E-state index contributed by atoms with van der Waals surface area (Å²) in [6.45, 7) is -2.90. The van der Waals surface area contributed by atoms with Crippen LogP contribution in [-0.2, 0) is 0 Å². The van der Waals surface area contributed by atoms with E-state index in [0.29, 0.717) is 5.69 Å². The Hall–Kier alpha value is -1.85. The van der Waals surface area contributed by atoms with Gasteiger partial charge in [-0.25, -0.2) is 0 Å². The Balaban J connectivity index is 2.13. The first kappa shape index (κ1) is 15.5. The molecule has 1 N–H and O–H groups in total. The molecule has 2 rings (SSSR count). The number of alkyl halides is 2. The fourth-order valence-corrected chi connectivity index (χ4v) is 2.20. The van der Waals surface area contributed by atoms with Gasteiger partial charge < -0.3 is 10.1 Å². The second-order valence-electron chi connectivity index (χ2n) is 3.95. The molecular formula is C14H9Cl2F2NO2. The summed E-state index contributed by atoms with van der Waals surface area (Å²) in [7, 11) is 0. The van der Waals surface area contributed by atoms with Gasteiger partial charge >= 0.3 is 6.61 Å². The van der Waals surface area contributed by atoms with Crippen LogP contribution in [0.4, 0.5) is 14.5 Å². The maximum atomic E-state index is 12.1. The van der Waals surface area contributed by atoms with Crippen molar-refractivity contribution in [1.82, 2.24) is 0 Å². The zero-order valence-electron chi connectivity index (χ0n) is 10.4. The van der Waals surface area contributed by atoms with E-state index in [9.17, 15) is 13.6 Å². The van der Waals surface area contributed by atoms with Gasteiger partial charge in [-0.2, -0.15) is 8.78 Å². The molecule has 0 unspecified atom stereocenters. The fourth-order valence-electron chi connectivity index (χ4n) is 1.63. The van der Waals surface area contributed by atoms with Crippen LogP contribution in [0.5, 0.6) is 5.75 Å². The molecular weight excluding hydrogens is 323 g/mol. The van der Waals surface area contributed by atoms with Crippen LogP contribution in [0.3, 0.4) is 0 Å². The molecule has 0 aromatic heterocycles. The number of anilines is 1. The van der Waals surface area contributed by atoms with Crippen molar-refractivity contribution in [3.05, 3.63) is 58.1 Å². The van der Waals surface area contributed by atoms with E-state index in [-0.39, 0.29) is 21.4 Å². The third kappa shape index (κ3) is 4.06. The second kappa shape index (κ2) is 6.74. The van der Waals surface area contributed by atoms with Crippen molar-refractivity contribution in [3.63, 3.8) is 0 Å². The lowest BCUT2D eigenvalue weighted by Gasteiger charge is -2.09. The van der Waals surface area contributed by atoms with Gasteiger partial charge in [0.25, 0.3) is 5.91 Å². The Morgan fingerprint density at radius 2 is 1.62 bits per heavy atom. The molecule has 0 saturated heterocycles. The highest BCUT2D eigenvalue weighted by Gasteiger charge is 2.14. The first-order chi connectivity index (χ1) is 9.97. The highest BCUT2D eigenvalue weighted by molar-refractivity contribution is 6.40. The minimum Gasteiger partial charge on any atom is -0.435 e. The van der Waals surface area contributed by atoms with E-state index in [1.54, 1.807) is 18.2 Å². The van der Waals surface area contributed by atoms with Crippen molar-refractivity contribution >= 4 is 34.8 Å². The van der Waals surface area contributed by atoms with Crippen LogP contribution in [0.25, 0.3) is 0 Å². The van der Waals surface area contributed by atoms with E-state index in [1.807, 2.05) is 0 Å². The SMILES string of the molecule is O=C(Nc1ccc(OC(F)F)cc1)c1c(Cl)cccc1Cl. The Morgan fingerprint density at radius 1 is 1.05 bits per heavy atom. The summed E-state index contributed by atoms with van der Waals surface area (Å²) < 4.78 is 28.2. The zero-order chi connectivity index (χ0) is 15.4. The number of hydrogen-bond acceptors (Lipinski definition) is 2. The number of hydrogen-bond donors (Lipinski definition) is 1. The van der Waals surface area contributed by atoms with Gasteiger partial charge in [0.15, 0.2) is 0 Å². The molecule has 0 aliphatic rings. The van der Waals surface area contributed by atoms with Crippen LogP contribution in [-0.4, -0.2) is 12.5 Å². The standard InChI is InChI=1S/C14H9Cl2F2NO2/c15-10-2-1-3-11(16)12(10)13(20)19-8-4-6-9(7-5-8)21-14(17)18/h1-7,14H,(H,19,20). The highest BCUT2D eigenvalue weighted by atomic mass is 35.5. The van der Waals surface area contributed by atoms with Gasteiger partial charge in [-0.3, -0.25) is 4.79 Å². The van der Waals surface area contributed by atoms with Crippen molar-refractivity contribution in [3.8, 4) is 5.75 Å². The molecule has 0 saturated carbocycles. The van der Waals surface area contributed by atoms with Gasteiger partial charge in [-0.15, -0.1) is 0 Å². The summed E-state index contributed by atoms with van der Waals surface area (Å²) in [4.78, 5) is 12.1. The Kier molecular flexibility index (Phi) is 4.98. The fraction of sp³-hybridized carbons (Fsp3) is 0.0714. The Bertz CT molecular complexity index is 628. The van der Waals surface area contributed by atoms with Gasteiger partial charge in [0.1, 0.15) is 5.75 Å². The van der Waals surface area contributed by atoms with Crippen molar-refractivity contribution in [2.24, 2.45) is 0 Å². The van der Waals surface area contributed by atoms with E-state index in [0.717, 1.165) is 0 Å². The molecule has 0 fully saturated rings. The molecule has 3 nitrogen and oxygen atoms in total. The predicted octanol–water partition coefficient (Wildman–Crippen LogP) is 4.85. The number of amides is 1. The van der Waals surface area contributed by atoms with E-state index >= 15 is 0 Å². The first-order valence-electron chi connectivity index (χ1n) is 5.77. The summed E-state index contributed by atoms with van der Waals surface area (Å²) in [5.74, 6) is -0.494. The number of halogens is 4. The number of benzene rings is 2. The molecule has 0 radical (unpaired) electrons. The van der Waals surface area contributed by atoms with Crippen molar-refractivity contribution < 1.29 is 18.3 Å². The molecule has 0 bridgehead atoms. The van der Waals surface area contributed by atoms with Crippen molar-refractivity contribution in [2.75, 3.05) is 5.32 Å². The quantitative estimate of drug-likeness (QED) is 0.869. The molecule has 0 atom stereocenters. The normalized spacial score (nSPS) is 10.5. The summed E-state index contributed by atoms with van der Waals surface area (Å²) in [5.41, 5.74) is 0.548. The summed E-state index contributed by atoms with van der Waals surface area (Å²) in [6.07, 6.45) is 0. The average Bonchev–Trinajstić information content (AvgIpc) is 2.40. The van der Waals surface area contributed by atoms with E-state index in [2.05, 4.69) is 10.1 Å². The van der Waals surface area contributed by atoms with Crippen molar-refractivity contribution in [2.45, 2.75) is 6.61 Å². The molecule has 2 aromatic rings. The Morgan fingerprint density at radius 3 is 2.14 bits per heavy atom. The molecule has 2 aromatic carbocycles. The van der Waals surface area contributed by atoms with E-state index < -0.39 is 12.5 Å². The lowest BCUT2D eigenvalue weighted by atomic mass is 10.2. The van der Waals surface area contributed by atoms with Crippen LogP contribution >= 0.6 is 23.2 Å². The lowest BCUT2D eigenvalue weighted by molar-refractivity contribution is -0.0498. The number of ether oxygens (including phenoxy) is 1. The van der Waals surface area contributed by atoms with Gasteiger partial charge in [0, 0.05) is 5.69 Å². The molecule has 0 heterocycles. The molecule has 1 amide bonds. The van der Waals surface area contributed by atoms with Crippen LogP contribution < -0.4 is 10.1 Å². The zero-order valence-corrected chi connectivity index (χ0v) is 12.0. The number of carbonyl (C=O) groups is 1. The summed E-state index contributed by atoms with van der Waals surface area (Å²) >= 11 is 11.8. The van der Waals surface area contributed by atoms with Gasteiger partial charge in [-0.1, -0.05) is 29.3 Å². The van der Waals surface area contributed by atoms with Crippen LogP contribution in [0.1, 0.15) is 10.4 Å². The number of rotatable bonds is 4. The number of nitrogens with one attached hydrogen (secondary N) is 1. The lowest BCUT2D eigenvalue weighted by Crippen LogP contribution is -2.13. The smallest absolute Gasteiger partial charge is 0.387 e. The van der Waals surface area contributed by atoms with Crippen LogP contribution in [0.2, 0.25) is 10.0 Å². The van der Waals surface area contributed by atoms with E-state index in [4.69, 9.17) is 23.2 Å². The summed E-state index contributed by atoms with van der Waals surface area (Å²) in [5, 5.41) is 3.01. The summed E-state index contributed by atoms with van der Waals surface area (Å²) in [6, 6.07) is 10.2. The van der Waals surface area contributed by atoms with Gasteiger partial charge in [0.2, 0.25) is 0 Å². The molecule has 110 valence electrons. The predicted molar refractivity (Wildman–Crippen MR) is 77.5 cm³/mol. The maximum absolute atomic E-state index is 12.1. The Labute approximate surface area is 129 Å². The van der Waals surface area contributed by atoms with Crippen LogP contribution in [0.15, 0.2) is 42.5 Å². The first-order valence-corrected chi connectivity index (χ1v) is 6.53. The van der Waals surface area contributed by atoms with E-state index in [1.165, 1.54) is 24.3 Å². The second-order valence-corrected chi connectivity index (χ2v) is 4.77. The maximum Gasteiger partial charge on any atom is 0.387 e. The minimum absolute atomic E-state index is 0.00113. The van der Waals surface area contributed by atoms with Crippen LogP contribution in [0, 0.1) is 0 Å². The van der Waals surface area contributed by atoms with Gasteiger partial charge in [0.05, 0.1) is 15.6 Å². The molecule has 0 aliphatic carbocycles. The topological polar surface area (TPSA) is 38.3 Å². The van der Waals surface area contributed by atoms with Crippen molar-refractivity contribution in [1.29, 1.82) is 0 Å². The molecule has 7 heteroatoms. The molecule has 0 spiro atoms. The molecule has 21 heavy (non-hydrogen) atoms. The average molecular weight is 332 g/mol. The monoisotopic (exact) mass is 331 g/mol. The highest BCUT2D eigenvalue weighted by Crippen LogP contribution is 2.25. The minimum atomic E-state index is -2.90. The third-order valence-electron chi connectivity index (χ3n) is 2.53. The van der Waals surface area contributed by atoms with Gasteiger partial charge in [-0.05, 0) is 36.4 Å². The number of carbonyl (C=O) groups excluding carboxylic acids is 1.